The molecule has 1 aliphatic rings. The van der Waals surface area contributed by atoms with Crippen LogP contribution in [0.25, 0.3) is 10.2 Å². The molecule has 2 aromatic carbocycles. The molecule has 2 aromatic heterocycles. The van der Waals surface area contributed by atoms with Crippen LogP contribution >= 0.6 is 11.3 Å². The van der Waals surface area contributed by atoms with E-state index in [0.29, 0.717) is 16.4 Å². The molecule has 5 rings (SSSR count). The molecule has 1 fully saturated rings. The molecule has 10 heteroatoms. The molecule has 1 aliphatic carbocycles. The fourth-order valence-electron chi connectivity index (χ4n) is 3.76. The second-order valence-corrected chi connectivity index (χ2v) is 11.4. The number of carbonyl (C=O) groups excluding carboxylic acids is 1. The molecule has 0 unspecified atom stereocenters. The highest BCUT2D eigenvalue weighted by molar-refractivity contribution is 7.89. The van der Waals surface area contributed by atoms with Gasteiger partial charge in [0.05, 0.1) is 28.8 Å². The van der Waals surface area contributed by atoms with Crippen molar-refractivity contribution in [2.75, 3.05) is 19.1 Å². The van der Waals surface area contributed by atoms with Gasteiger partial charge in [-0.3, -0.25) is 14.7 Å². The summed E-state index contributed by atoms with van der Waals surface area (Å²) in [7, 11) is -0.388. The Hall–Kier alpha value is -3.34. The van der Waals surface area contributed by atoms with E-state index in [1.807, 2.05) is 30.3 Å². The predicted octanol–water partition coefficient (Wildman–Crippen LogP) is 4.33. The van der Waals surface area contributed by atoms with Gasteiger partial charge in [-0.1, -0.05) is 17.4 Å². The standard InChI is InChI=1S/C25H24N4O4S2/c1-28(19-7-8-19)35(31,32)21-10-5-18(6-11-21)24(30)29(16-17-4-3-13-26-15-17)25-27-22-14-20(33-2)9-12-23(22)34-25/h3-6,9-15,19H,7-8,16H2,1-2H3. The number of thiazole rings is 1. The zero-order valence-corrected chi connectivity index (χ0v) is 20.9. The van der Waals surface area contributed by atoms with Gasteiger partial charge in [0.15, 0.2) is 5.13 Å². The van der Waals surface area contributed by atoms with Crippen LogP contribution in [0.3, 0.4) is 0 Å². The maximum Gasteiger partial charge on any atom is 0.260 e. The molecular weight excluding hydrogens is 484 g/mol. The van der Waals surface area contributed by atoms with E-state index >= 15 is 0 Å². The van der Waals surface area contributed by atoms with Crippen molar-refractivity contribution in [2.24, 2.45) is 0 Å². The predicted molar refractivity (Wildman–Crippen MR) is 135 cm³/mol. The van der Waals surface area contributed by atoms with Crippen LogP contribution in [-0.2, 0) is 16.6 Å². The lowest BCUT2D eigenvalue weighted by atomic mass is 10.2. The quantitative estimate of drug-likeness (QED) is 0.352. The molecule has 0 spiro atoms. The highest BCUT2D eigenvalue weighted by Gasteiger charge is 2.35. The maximum atomic E-state index is 13.7. The number of methoxy groups -OCH3 is 1. The van der Waals surface area contributed by atoms with E-state index in [1.165, 1.54) is 27.8 Å². The molecule has 180 valence electrons. The Bertz CT molecular complexity index is 1470. The molecule has 0 radical (unpaired) electrons. The van der Waals surface area contributed by atoms with Crippen LogP contribution in [0.4, 0.5) is 5.13 Å². The largest absolute Gasteiger partial charge is 0.497 e. The number of hydrogen-bond acceptors (Lipinski definition) is 7. The van der Waals surface area contributed by atoms with E-state index in [0.717, 1.165) is 28.6 Å². The zero-order chi connectivity index (χ0) is 24.6. The zero-order valence-electron chi connectivity index (χ0n) is 19.3. The molecule has 4 aromatic rings. The molecule has 1 amide bonds. The summed E-state index contributed by atoms with van der Waals surface area (Å²) in [6, 6.07) is 15.5. The monoisotopic (exact) mass is 508 g/mol. The summed E-state index contributed by atoms with van der Waals surface area (Å²) in [5.74, 6) is 0.409. The summed E-state index contributed by atoms with van der Waals surface area (Å²) in [6.45, 7) is 0.272. The van der Waals surface area contributed by atoms with Gasteiger partial charge in [-0.2, -0.15) is 4.31 Å². The Morgan fingerprint density at radius 2 is 1.91 bits per heavy atom. The third kappa shape index (κ3) is 4.77. The average Bonchev–Trinajstić information content (AvgIpc) is 3.65. The fraction of sp³-hybridized carbons (Fsp3) is 0.240. The van der Waals surface area contributed by atoms with Gasteiger partial charge in [0.25, 0.3) is 5.91 Å². The third-order valence-corrected chi connectivity index (χ3v) is 8.95. The minimum absolute atomic E-state index is 0.0638. The second-order valence-electron chi connectivity index (χ2n) is 8.36. The van der Waals surface area contributed by atoms with Gasteiger partial charge in [0.2, 0.25) is 10.0 Å². The van der Waals surface area contributed by atoms with Crippen LogP contribution in [0.15, 0.2) is 71.9 Å². The van der Waals surface area contributed by atoms with Crippen molar-refractivity contribution in [1.82, 2.24) is 14.3 Å². The molecule has 35 heavy (non-hydrogen) atoms. The van der Waals surface area contributed by atoms with Gasteiger partial charge in [0.1, 0.15) is 5.75 Å². The van der Waals surface area contributed by atoms with Crippen molar-refractivity contribution in [2.45, 2.75) is 30.3 Å². The van der Waals surface area contributed by atoms with Crippen molar-refractivity contribution < 1.29 is 17.9 Å². The van der Waals surface area contributed by atoms with Gasteiger partial charge < -0.3 is 4.74 Å². The number of nitrogens with zero attached hydrogens (tertiary/aromatic N) is 4. The number of amides is 1. The van der Waals surface area contributed by atoms with Crippen molar-refractivity contribution in [3.63, 3.8) is 0 Å². The van der Waals surface area contributed by atoms with E-state index in [9.17, 15) is 13.2 Å². The van der Waals surface area contributed by atoms with Gasteiger partial charge in [0, 0.05) is 37.1 Å². The normalized spacial score (nSPS) is 13.8. The van der Waals surface area contributed by atoms with Crippen LogP contribution in [0.2, 0.25) is 0 Å². The molecule has 0 aliphatic heterocycles. The number of rotatable bonds is 8. The van der Waals surface area contributed by atoms with E-state index < -0.39 is 10.0 Å². The molecule has 1 saturated carbocycles. The molecule has 0 atom stereocenters. The minimum Gasteiger partial charge on any atom is -0.497 e. The number of ether oxygens (including phenoxy) is 1. The third-order valence-electron chi connectivity index (χ3n) is 5.96. The van der Waals surface area contributed by atoms with Gasteiger partial charge in [-0.25, -0.2) is 13.4 Å². The summed E-state index contributed by atoms with van der Waals surface area (Å²) < 4.78 is 33.3. The minimum atomic E-state index is -3.59. The first-order valence-corrected chi connectivity index (χ1v) is 13.4. The number of benzene rings is 2. The topological polar surface area (TPSA) is 92.7 Å². The lowest BCUT2D eigenvalue weighted by molar-refractivity contribution is 0.0985. The molecule has 8 nitrogen and oxygen atoms in total. The van der Waals surface area contributed by atoms with Crippen LogP contribution < -0.4 is 9.64 Å². The number of carbonyl (C=O) groups is 1. The summed E-state index contributed by atoms with van der Waals surface area (Å²) in [4.78, 5) is 24.3. The van der Waals surface area contributed by atoms with Crippen molar-refractivity contribution in [1.29, 1.82) is 0 Å². The first kappa shape index (κ1) is 23.4. The van der Waals surface area contributed by atoms with E-state index in [4.69, 9.17) is 9.72 Å². The summed E-state index contributed by atoms with van der Waals surface area (Å²) >= 11 is 1.40. The highest BCUT2D eigenvalue weighted by Crippen LogP contribution is 2.33. The fourth-order valence-corrected chi connectivity index (χ4v) is 6.12. The number of sulfonamides is 1. The van der Waals surface area contributed by atoms with Gasteiger partial charge in [-0.05, 0) is 60.9 Å². The van der Waals surface area contributed by atoms with Gasteiger partial charge in [-0.15, -0.1) is 0 Å². The number of hydrogen-bond donors (Lipinski definition) is 0. The summed E-state index contributed by atoms with van der Waals surface area (Å²) in [5.41, 5.74) is 1.96. The smallest absolute Gasteiger partial charge is 0.260 e. The number of anilines is 1. The lowest BCUT2D eigenvalue weighted by Crippen LogP contribution is -2.31. The summed E-state index contributed by atoms with van der Waals surface area (Å²) in [5, 5.41) is 0.535. The van der Waals surface area contributed by atoms with Gasteiger partial charge >= 0.3 is 0 Å². The number of fused-ring (bicyclic) bond motifs is 1. The van der Waals surface area contributed by atoms with Crippen molar-refractivity contribution >= 4 is 42.6 Å². The highest BCUT2D eigenvalue weighted by atomic mass is 32.2. The average molecular weight is 509 g/mol. The van der Waals surface area contributed by atoms with Crippen molar-refractivity contribution in [3.8, 4) is 5.75 Å². The Kier molecular flexibility index (Phi) is 6.26. The number of aromatic nitrogens is 2. The lowest BCUT2D eigenvalue weighted by Gasteiger charge is -2.20. The molecule has 2 heterocycles. The Balaban J connectivity index is 1.48. The summed E-state index contributed by atoms with van der Waals surface area (Å²) in [6.07, 6.45) is 5.14. The molecule has 0 bridgehead atoms. The first-order chi connectivity index (χ1) is 16.9. The Labute approximate surface area is 207 Å². The van der Waals surface area contributed by atoms with Crippen LogP contribution in [-0.4, -0.2) is 48.8 Å². The SMILES string of the molecule is COc1ccc2sc(N(Cc3cccnc3)C(=O)c3ccc(S(=O)(=O)N(C)C4CC4)cc3)nc2c1. The van der Waals surface area contributed by atoms with Crippen LogP contribution in [0, 0.1) is 0 Å². The number of pyridine rings is 1. The molecule has 0 saturated heterocycles. The van der Waals surface area contributed by atoms with Crippen LogP contribution in [0.5, 0.6) is 5.75 Å². The Morgan fingerprint density at radius 3 is 2.57 bits per heavy atom. The molecular formula is C25H24N4O4S2. The second kappa shape index (κ2) is 9.37. The maximum absolute atomic E-state index is 13.7. The Morgan fingerprint density at radius 1 is 1.14 bits per heavy atom. The van der Waals surface area contributed by atoms with Crippen LogP contribution in [0.1, 0.15) is 28.8 Å². The molecule has 0 N–H and O–H groups in total. The van der Waals surface area contributed by atoms with E-state index in [1.54, 1.807) is 43.6 Å². The van der Waals surface area contributed by atoms with Crippen molar-refractivity contribution in [3.05, 3.63) is 78.1 Å². The first-order valence-electron chi connectivity index (χ1n) is 11.1. The van der Waals surface area contributed by atoms with E-state index in [-0.39, 0.29) is 23.4 Å². The van der Waals surface area contributed by atoms with E-state index in [2.05, 4.69) is 4.98 Å².